The molecular formula is C13H20FN2O5P. The van der Waals surface area contributed by atoms with Crippen molar-refractivity contribution >= 4 is 13.7 Å². The Morgan fingerprint density at radius 2 is 1.95 bits per heavy atom. The van der Waals surface area contributed by atoms with Crippen LogP contribution in [0.4, 0.5) is 4.39 Å². The lowest BCUT2D eigenvalue weighted by molar-refractivity contribution is -0.126. The van der Waals surface area contributed by atoms with Crippen LogP contribution in [0, 0.1) is 0 Å². The summed E-state index contributed by atoms with van der Waals surface area (Å²) >= 11 is 0. The number of carbonyl (C=O) groups excluding carboxylic acids is 1. The molecule has 0 aliphatic rings. The fraction of sp³-hybridized carbons (Fsp3) is 0.462. The zero-order chi connectivity index (χ0) is 17.0. The average Bonchev–Trinajstić information content (AvgIpc) is 2.35. The van der Waals surface area contributed by atoms with E-state index in [4.69, 9.17) is 9.79 Å². The Morgan fingerprint density at radius 1 is 1.36 bits per heavy atom. The van der Waals surface area contributed by atoms with Crippen LogP contribution in [0.2, 0.25) is 0 Å². The molecule has 1 unspecified atom stereocenters. The van der Waals surface area contributed by atoms with Crippen LogP contribution < -0.4 is 15.2 Å². The van der Waals surface area contributed by atoms with E-state index in [1.807, 2.05) is 20.8 Å². The van der Waals surface area contributed by atoms with Crippen molar-refractivity contribution in [3.63, 3.8) is 0 Å². The highest BCUT2D eigenvalue weighted by molar-refractivity contribution is 7.46. The maximum Gasteiger partial charge on any atom is 0.524 e. The number of carbonyl (C=O) groups is 1. The van der Waals surface area contributed by atoms with E-state index >= 15 is 0 Å². The number of rotatable bonds is 6. The van der Waals surface area contributed by atoms with Gasteiger partial charge in [0.25, 0.3) is 5.91 Å². The van der Waals surface area contributed by atoms with Crippen LogP contribution in [-0.2, 0) is 9.36 Å². The van der Waals surface area contributed by atoms with Crippen molar-refractivity contribution in [2.24, 2.45) is 0 Å². The van der Waals surface area contributed by atoms with Crippen LogP contribution in [-0.4, -0.2) is 27.9 Å². The molecule has 0 spiro atoms. The Balaban J connectivity index is 2.78. The van der Waals surface area contributed by atoms with E-state index in [2.05, 4.69) is 15.2 Å². The third-order valence-electron chi connectivity index (χ3n) is 2.52. The molecule has 0 saturated heterocycles. The van der Waals surface area contributed by atoms with Gasteiger partial charge in [0.15, 0.2) is 0 Å². The third kappa shape index (κ3) is 6.53. The van der Waals surface area contributed by atoms with Crippen molar-refractivity contribution in [2.75, 3.05) is 6.67 Å². The predicted molar refractivity (Wildman–Crippen MR) is 78.9 cm³/mol. The highest BCUT2D eigenvalue weighted by atomic mass is 31.2. The van der Waals surface area contributed by atoms with Gasteiger partial charge < -0.3 is 9.84 Å². The maximum absolute atomic E-state index is 14.2. The zero-order valence-electron chi connectivity index (χ0n) is 12.5. The molecule has 4 N–H and O–H groups in total. The quantitative estimate of drug-likeness (QED) is 0.465. The number of benzene rings is 1. The van der Waals surface area contributed by atoms with Gasteiger partial charge in [0, 0.05) is 11.1 Å². The lowest BCUT2D eigenvalue weighted by atomic mass is 10.1. The Hall–Kier alpha value is -1.47. The molecule has 0 aliphatic heterocycles. The summed E-state index contributed by atoms with van der Waals surface area (Å²) in [5.41, 5.74) is -0.500. The molecule has 1 aromatic carbocycles. The first-order chi connectivity index (χ1) is 9.99. The van der Waals surface area contributed by atoms with Gasteiger partial charge in [0.1, 0.15) is 5.75 Å². The number of para-hydroxylation sites is 1. The van der Waals surface area contributed by atoms with Crippen LogP contribution in [0.3, 0.4) is 0 Å². The molecule has 0 radical (unpaired) electrons. The highest BCUT2D eigenvalue weighted by Gasteiger charge is 2.26. The van der Waals surface area contributed by atoms with E-state index in [0.29, 0.717) is 0 Å². The second-order valence-electron chi connectivity index (χ2n) is 5.63. The minimum Gasteiger partial charge on any atom is -0.404 e. The molecule has 1 aromatic rings. The van der Waals surface area contributed by atoms with Gasteiger partial charge in [-0.1, -0.05) is 18.2 Å². The topological polar surface area (TPSA) is 108 Å². The second kappa shape index (κ2) is 7.19. The number of alkyl halides is 1. The number of hydrogen-bond donors (Lipinski definition) is 4. The Labute approximate surface area is 128 Å². The van der Waals surface area contributed by atoms with Gasteiger partial charge in [0.2, 0.25) is 6.17 Å². The molecule has 1 atom stereocenters. The van der Waals surface area contributed by atoms with E-state index in [1.54, 1.807) is 0 Å². The molecule has 1 amide bonds. The number of amides is 1. The predicted octanol–water partition coefficient (Wildman–Crippen LogP) is 1.63. The van der Waals surface area contributed by atoms with Crippen LogP contribution in [0.25, 0.3) is 0 Å². The maximum atomic E-state index is 14.2. The summed E-state index contributed by atoms with van der Waals surface area (Å²) in [6, 6.07) is 5.27. The summed E-state index contributed by atoms with van der Waals surface area (Å²) in [6.45, 7) is 5.71. The zero-order valence-corrected chi connectivity index (χ0v) is 13.4. The number of halogens is 1. The van der Waals surface area contributed by atoms with Gasteiger partial charge in [-0.25, -0.2) is 8.96 Å². The number of hydrogen-bond acceptors (Lipinski definition) is 4. The Morgan fingerprint density at radius 3 is 2.50 bits per heavy atom. The fourth-order valence-corrected chi connectivity index (χ4v) is 1.95. The van der Waals surface area contributed by atoms with Crippen molar-refractivity contribution in [1.82, 2.24) is 10.6 Å². The van der Waals surface area contributed by atoms with Gasteiger partial charge in [-0.15, -0.1) is 0 Å². The lowest BCUT2D eigenvalue weighted by Gasteiger charge is -2.21. The number of phosphoric acid groups is 1. The van der Waals surface area contributed by atoms with Gasteiger partial charge in [-0.2, -0.15) is 0 Å². The Kier molecular flexibility index (Phi) is 6.08. The summed E-state index contributed by atoms with van der Waals surface area (Å²) in [5.74, 6) is -1.30. The first-order valence-electron chi connectivity index (χ1n) is 6.50. The van der Waals surface area contributed by atoms with E-state index < -0.39 is 19.9 Å². The molecule has 124 valence electrons. The highest BCUT2D eigenvalue weighted by Crippen LogP contribution is 2.41. The van der Waals surface area contributed by atoms with Gasteiger partial charge in [0.05, 0.1) is 6.67 Å². The summed E-state index contributed by atoms with van der Waals surface area (Å²) in [6.07, 6.45) is -2.11. The van der Waals surface area contributed by atoms with Crippen molar-refractivity contribution < 1.29 is 28.1 Å². The SMILES string of the molecule is CC(C)(C)NCNC(=O)C(F)c1ccccc1OP(=O)(O)O. The molecule has 9 heteroatoms. The standard InChI is InChI=1S/C13H20FN2O5P/c1-13(2,3)16-8-15-12(17)11(14)9-6-4-5-7-10(9)21-22(18,19)20/h4-7,11,16H,8H2,1-3H3,(H,15,17)(H2,18,19,20). The van der Waals surface area contributed by atoms with Gasteiger partial charge in [-0.05, 0) is 26.8 Å². The van der Waals surface area contributed by atoms with Crippen LogP contribution in [0.1, 0.15) is 32.5 Å². The van der Waals surface area contributed by atoms with Crippen molar-refractivity contribution in [3.8, 4) is 5.75 Å². The van der Waals surface area contributed by atoms with E-state index in [-0.39, 0.29) is 23.5 Å². The van der Waals surface area contributed by atoms with Crippen LogP contribution in [0.15, 0.2) is 24.3 Å². The molecule has 22 heavy (non-hydrogen) atoms. The summed E-state index contributed by atoms with van der Waals surface area (Å²) in [7, 11) is -4.84. The normalized spacial score (nSPS) is 13.5. The molecule has 0 fully saturated rings. The minimum atomic E-state index is -4.84. The largest absolute Gasteiger partial charge is 0.524 e. The number of nitrogens with one attached hydrogen (secondary N) is 2. The summed E-state index contributed by atoms with van der Waals surface area (Å²) in [4.78, 5) is 29.4. The smallest absolute Gasteiger partial charge is 0.404 e. The molecule has 1 rings (SSSR count). The van der Waals surface area contributed by atoms with Crippen molar-refractivity contribution in [3.05, 3.63) is 29.8 Å². The first kappa shape index (κ1) is 18.6. The van der Waals surface area contributed by atoms with Gasteiger partial charge >= 0.3 is 7.82 Å². The van der Waals surface area contributed by atoms with E-state index in [1.165, 1.54) is 24.3 Å². The first-order valence-corrected chi connectivity index (χ1v) is 8.03. The molecular weight excluding hydrogens is 314 g/mol. The van der Waals surface area contributed by atoms with Crippen molar-refractivity contribution in [1.29, 1.82) is 0 Å². The molecule has 0 saturated carbocycles. The Bertz CT molecular complexity index is 570. The monoisotopic (exact) mass is 334 g/mol. The van der Waals surface area contributed by atoms with E-state index in [9.17, 15) is 13.8 Å². The lowest BCUT2D eigenvalue weighted by Crippen LogP contribution is -2.44. The van der Waals surface area contributed by atoms with Crippen LogP contribution >= 0.6 is 7.82 Å². The molecule has 0 bridgehead atoms. The molecule has 0 heterocycles. The molecule has 0 aromatic heterocycles. The summed E-state index contributed by atoms with van der Waals surface area (Å²) in [5, 5.41) is 5.31. The minimum absolute atomic E-state index is 0.0598. The van der Waals surface area contributed by atoms with Crippen molar-refractivity contribution in [2.45, 2.75) is 32.5 Å². The summed E-state index contributed by atoms with van der Waals surface area (Å²) < 4.78 is 29.5. The number of phosphoric ester groups is 1. The van der Waals surface area contributed by atoms with Crippen LogP contribution in [0.5, 0.6) is 5.75 Å². The van der Waals surface area contributed by atoms with Gasteiger partial charge in [-0.3, -0.25) is 19.9 Å². The average molecular weight is 334 g/mol. The van der Waals surface area contributed by atoms with E-state index in [0.717, 1.165) is 0 Å². The third-order valence-corrected chi connectivity index (χ3v) is 2.96. The fourth-order valence-electron chi connectivity index (χ4n) is 1.53. The second-order valence-corrected chi connectivity index (χ2v) is 6.79. The molecule has 0 aliphatic carbocycles. The molecule has 7 nitrogen and oxygen atoms in total.